The second-order valence-electron chi connectivity index (χ2n) is 5.44. The molecule has 0 aliphatic rings. The molecule has 1 atom stereocenters. The van der Waals surface area contributed by atoms with Gasteiger partial charge in [-0.2, -0.15) is 0 Å². The zero-order valence-corrected chi connectivity index (χ0v) is 15.0. The first kappa shape index (κ1) is 18.6. The highest BCUT2D eigenvalue weighted by Gasteiger charge is 2.14. The van der Waals surface area contributed by atoms with Crippen LogP contribution < -0.4 is 19.5 Å². The largest absolute Gasteiger partial charge is 0.490 e. The number of para-hydroxylation sites is 1. The molecule has 0 bridgehead atoms. The van der Waals surface area contributed by atoms with E-state index in [2.05, 4.69) is 5.32 Å². The van der Waals surface area contributed by atoms with E-state index in [0.29, 0.717) is 37.0 Å². The van der Waals surface area contributed by atoms with Crippen LogP contribution in [0.4, 0.5) is 0 Å². The van der Waals surface area contributed by atoms with Crippen LogP contribution in [0.25, 0.3) is 0 Å². The molecule has 5 nitrogen and oxygen atoms in total. The average Bonchev–Trinajstić information content (AvgIpc) is 2.62. The summed E-state index contributed by atoms with van der Waals surface area (Å²) in [5, 5.41) is 2.88. The van der Waals surface area contributed by atoms with Crippen molar-refractivity contribution in [2.75, 3.05) is 13.2 Å². The zero-order valence-electron chi connectivity index (χ0n) is 15.0. The van der Waals surface area contributed by atoms with E-state index in [1.807, 2.05) is 62.4 Å². The Hall–Kier alpha value is -2.69. The molecule has 0 aliphatic heterocycles. The fourth-order valence-electron chi connectivity index (χ4n) is 2.30. The molecule has 0 heterocycles. The molecule has 2 aromatic rings. The third kappa shape index (κ3) is 5.71. The van der Waals surface area contributed by atoms with Crippen molar-refractivity contribution < 1.29 is 19.0 Å². The lowest BCUT2D eigenvalue weighted by Gasteiger charge is -2.16. The number of hydrogen-bond donors (Lipinski definition) is 1. The molecule has 0 fully saturated rings. The Kier molecular flexibility index (Phi) is 7.14. The molecule has 0 unspecified atom stereocenters. The number of carbonyl (C=O) groups excluding carboxylic acids is 1. The smallest absolute Gasteiger partial charge is 0.261 e. The zero-order chi connectivity index (χ0) is 18.1. The number of carbonyl (C=O) groups is 1. The lowest BCUT2D eigenvalue weighted by atomic mass is 10.2. The monoisotopic (exact) mass is 343 g/mol. The third-order valence-electron chi connectivity index (χ3n) is 3.50. The van der Waals surface area contributed by atoms with Crippen LogP contribution in [0.15, 0.2) is 48.5 Å². The summed E-state index contributed by atoms with van der Waals surface area (Å²) < 4.78 is 16.8. The number of ether oxygens (including phenoxy) is 3. The van der Waals surface area contributed by atoms with Crippen LogP contribution in [0.3, 0.4) is 0 Å². The first-order chi connectivity index (χ1) is 12.1. The molecular formula is C20H25NO4. The molecule has 0 aliphatic carbocycles. The van der Waals surface area contributed by atoms with Crippen molar-refractivity contribution >= 4 is 5.91 Å². The van der Waals surface area contributed by atoms with Crippen LogP contribution in [0.1, 0.15) is 26.3 Å². The molecule has 134 valence electrons. The van der Waals surface area contributed by atoms with E-state index < -0.39 is 6.10 Å². The number of benzene rings is 2. The SMILES string of the molecule is CCOc1ccc(CNC(=O)[C@H](C)Oc2ccccc2)cc1OCC. The normalized spacial score (nSPS) is 11.5. The number of nitrogens with one attached hydrogen (secondary N) is 1. The first-order valence-electron chi connectivity index (χ1n) is 8.52. The lowest BCUT2D eigenvalue weighted by molar-refractivity contribution is -0.127. The van der Waals surface area contributed by atoms with E-state index >= 15 is 0 Å². The van der Waals surface area contributed by atoms with Crippen molar-refractivity contribution in [1.82, 2.24) is 5.32 Å². The Balaban J connectivity index is 1.93. The van der Waals surface area contributed by atoms with E-state index in [1.54, 1.807) is 6.92 Å². The molecule has 2 rings (SSSR count). The van der Waals surface area contributed by atoms with Gasteiger partial charge in [0.2, 0.25) is 0 Å². The Morgan fingerprint density at radius 1 is 1.00 bits per heavy atom. The van der Waals surface area contributed by atoms with Gasteiger partial charge in [0, 0.05) is 6.54 Å². The highest BCUT2D eigenvalue weighted by Crippen LogP contribution is 2.28. The van der Waals surface area contributed by atoms with Gasteiger partial charge in [0.25, 0.3) is 5.91 Å². The average molecular weight is 343 g/mol. The highest BCUT2D eigenvalue weighted by molar-refractivity contribution is 5.80. The van der Waals surface area contributed by atoms with Crippen LogP contribution in [0.5, 0.6) is 17.2 Å². The van der Waals surface area contributed by atoms with Crippen molar-refractivity contribution in [1.29, 1.82) is 0 Å². The standard InChI is InChI=1S/C20H25NO4/c1-4-23-18-12-11-16(13-19(18)24-5-2)14-21-20(22)15(3)25-17-9-7-6-8-10-17/h6-13,15H,4-5,14H2,1-3H3,(H,21,22)/t15-/m0/s1. The Morgan fingerprint density at radius 3 is 2.36 bits per heavy atom. The van der Waals surface area contributed by atoms with Gasteiger partial charge in [0.15, 0.2) is 17.6 Å². The minimum atomic E-state index is -0.573. The second kappa shape index (κ2) is 9.57. The summed E-state index contributed by atoms with van der Waals surface area (Å²) in [4.78, 5) is 12.2. The van der Waals surface area contributed by atoms with Gasteiger partial charge >= 0.3 is 0 Å². The van der Waals surface area contributed by atoms with E-state index in [0.717, 1.165) is 5.56 Å². The van der Waals surface area contributed by atoms with Gasteiger partial charge in [-0.25, -0.2) is 0 Å². The van der Waals surface area contributed by atoms with Gasteiger partial charge < -0.3 is 19.5 Å². The molecule has 5 heteroatoms. The van der Waals surface area contributed by atoms with Crippen LogP contribution >= 0.6 is 0 Å². The summed E-state index contributed by atoms with van der Waals surface area (Å²) in [5.74, 6) is 1.89. The Morgan fingerprint density at radius 2 is 1.68 bits per heavy atom. The molecule has 0 spiro atoms. The second-order valence-corrected chi connectivity index (χ2v) is 5.44. The summed E-state index contributed by atoms with van der Waals surface area (Å²) >= 11 is 0. The predicted molar refractivity (Wildman–Crippen MR) is 97.2 cm³/mol. The molecule has 1 amide bonds. The van der Waals surface area contributed by atoms with E-state index in [-0.39, 0.29) is 5.91 Å². The van der Waals surface area contributed by atoms with Gasteiger partial charge in [-0.1, -0.05) is 24.3 Å². The van der Waals surface area contributed by atoms with Gasteiger partial charge in [0.05, 0.1) is 13.2 Å². The highest BCUT2D eigenvalue weighted by atomic mass is 16.5. The quantitative estimate of drug-likeness (QED) is 0.756. The molecule has 25 heavy (non-hydrogen) atoms. The molecule has 2 aromatic carbocycles. The summed E-state index contributed by atoms with van der Waals surface area (Å²) in [5.41, 5.74) is 0.937. The Bertz CT molecular complexity index is 673. The lowest BCUT2D eigenvalue weighted by Crippen LogP contribution is -2.35. The minimum absolute atomic E-state index is 0.171. The van der Waals surface area contributed by atoms with Gasteiger partial charge in [-0.05, 0) is 50.6 Å². The molecular weight excluding hydrogens is 318 g/mol. The summed E-state index contributed by atoms with van der Waals surface area (Å²) in [6, 6.07) is 15.0. The van der Waals surface area contributed by atoms with Crippen molar-refractivity contribution in [2.24, 2.45) is 0 Å². The maximum absolute atomic E-state index is 12.2. The fourth-order valence-corrected chi connectivity index (χ4v) is 2.30. The number of rotatable bonds is 9. The van der Waals surface area contributed by atoms with Crippen LogP contribution in [0, 0.1) is 0 Å². The maximum Gasteiger partial charge on any atom is 0.261 e. The summed E-state index contributed by atoms with van der Waals surface area (Å²) in [7, 11) is 0. The van der Waals surface area contributed by atoms with Gasteiger partial charge in [-0.3, -0.25) is 4.79 Å². The Labute approximate surface area is 148 Å². The molecule has 0 saturated heterocycles. The van der Waals surface area contributed by atoms with Crippen molar-refractivity contribution in [3.05, 3.63) is 54.1 Å². The fraction of sp³-hybridized carbons (Fsp3) is 0.350. The van der Waals surface area contributed by atoms with E-state index in [1.165, 1.54) is 0 Å². The number of hydrogen-bond acceptors (Lipinski definition) is 4. The van der Waals surface area contributed by atoms with Gasteiger partial charge in [-0.15, -0.1) is 0 Å². The van der Waals surface area contributed by atoms with E-state index in [4.69, 9.17) is 14.2 Å². The first-order valence-corrected chi connectivity index (χ1v) is 8.52. The minimum Gasteiger partial charge on any atom is -0.490 e. The van der Waals surface area contributed by atoms with Gasteiger partial charge in [0.1, 0.15) is 5.75 Å². The summed E-state index contributed by atoms with van der Waals surface area (Å²) in [6.45, 7) is 7.10. The van der Waals surface area contributed by atoms with Crippen molar-refractivity contribution in [3.63, 3.8) is 0 Å². The third-order valence-corrected chi connectivity index (χ3v) is 3.50. The molecule has 1 N–H and O–H groups in total. The van der Waals surface area contributed by atoms with Crippen LogP contribution in [-0.4, -0.2) is 25.2 Å². The topological polar surface area (TPSA) is 56.8 Å². The van der Waals surface area contributed by atoms with Crippen LogP contribution in [0.2, 0.25) is 0 Å². The molecule has 0 aromatic heterocycles. The van der Waals surface area contributed by atoms with Crippen molar-refractivity contribution in [3.8, 4) is 17.2 Å². The molecule has 0 radical (unpaired) electrons. The molecule has 0 saturated carbocycles. The van der Waals surface area contributed by atoms with Crippen molar-refractivity contribution in [2.45, 2.75) is 33.4 Å². The predicted octanol–water partition coefficient (Wildman–Crippen LogP) is 3.57. The van der Waals surface area contributed by atoms with E-state index in [9.17, 15) is 4.79 Å². The summed E-state index contributed by atoms with van der Waals surface area (Å²) in [6.07, 6.45) is -0.573. The van der Waals surface area contributed by atoms with Crippen LogP contribution in [-0.2, 0) is 11.3 Å². The number of amides is 1. The maximum atomic E-state index is 12.2.